The number of alkyl halides is 3. The molecule has 1 atom stereocenters. The fourth-order valence-corrected chi connectivity index (χ4v) is 2.56. The Morgan fingerprint density at radius 2 is 1.39 bits per heavy atom. The van der Waals surface area contributed by atoms with Gasteiger partial charge in [-0.2, -0.15) is 13.2 Å². The Morgan fingerprint density at radius 3 is 1.76 bits per heavy atom. The average molecular weight is 498 g/mol. The highest BCUT2D eigenvalue weighted by Gasteiger charge is 2.29. The highest BCUT2D eigenvalue weighted by molar-refractivity contribution is 8.00. The van der Waals surface area contributed by atoms with Gasteiger partial charge in [-0.15, -0.1) is 0 Å². The van der Waals surface area contributed by atoms with Crippen LogP contribution < -0.4 is 5.32 Å². The van der Waals surface area contributed by atoms with Gasteiger partial charge in [-0.25, -0.2) is 9.59 Å². The lowest BCUT2D eigenvalue weighted by atomic mass is 10.1. The minimum absolute atomic E-state index is 0.0349. The van der Waals surface area contributed by atoms with Crippen LogP contribution >= 0.6 is 11.8 Å². The number of benzene rings is 1. The molecular formula is C24H42F3NO4S. The predicted octanol–water partition coefficient (Wildman–Crippen LogP) is 7.76. The van der Waals surface area contributed by atoms with Crippen molar-refractivity contribution in [1.82, 2.24) is 5.32 Å². The molecule has 1 aromatic rings. The molecule has 1 N–H and O–H groups in total. The second-order valence-corrected chi connectivity index (χ2v) is 8.22. The predicted molar refractivity (Wildman–Crippen MR) is 130 cm³/mol. The molecule has 0 aliphatic rings. The van der Waals surface area contributed by atoms with Gasteiger partial charge in [0.2, 0.25) is 0 Å². The number of nitrogens with one attached hydrogen (secondary N) is 1. The number of ether oxygens (including phenoxy) is 2. The maximum Gasteiger partial charge on any atom is 0.446 e. The Morgan fingerprint density at radius 1 is 0.939 bits per heavy atom. The fraction of sp³-hybridized carbons (Fsp3) is 0.667. The molecule has 0 aliphatic carbocycles. The van der Waals surface area contributed by atoms with E-state index in [9.17, 15) is 22.8 Å². The highest BCUT2D eigenvalue weighted by atomic mass is 32.2. The highest BCUT2D eigenvalue weighted by Crippen LogP contribution is 2.36. The monoisotopic (exact) mass is 497 g/mol. The van der Waals surface area contributed by atoms with Crippen molar-refractivity contribution in [2.45, 2.75) is 111 Å². The van der Waals surface area contributed by atoms with Crippen molar-refractivity contribution >= 4 is 23.8 Å². The van der Waals surface area contributed by atoms with E-state index < -0.39 is 29.2 Å². The smallest absolute Gasteiger partial charge is 0.446 e. The van der Waals surface area contributed by atoms with Crippen LogP contribution in [0.2, 0.25) is 0 Å². The lowest BCUT2D eigenvalue weighted by Crippen LogP contribution is -2.46. The summed E-state index contributed by atoms with van der Waals surface area (Å²) >= 11 is -0.221. The number of thioether (sulfide) groups is 1. The van der Waals surface area contributed by atoms with Crippen LogP contribution in [0.15, 0.2) is 29.2 Å². The van der Waals surface area contributed by atoms with Gasteiger partial charge >= 0.3 is 17.6 Å². The largest absolute Gasteiger partial charge is 0.461 e. The Kier molecular flexibility index (Phi) is 20.0. The van der Waals surface area contributed by atoms with Crippen LogP contribution in [0.25, 0.3) is 0 Å². The number of esters is 1. The van der Waals surface area contributed by atoms with Gasteiger partial charge in [-0.1, -0.05) is 53.7 Å². The number of amides is 1. The molecule has 1 aromatic carbocycles. The van der Waals surface area contributed by atoms with Gasteiger partial charge in [-0.3, -0.25) is 0 Å². The van der Waals surface area contributed by atoms with Crippen LogP contribution in [0.5, 0.6) is 0 Å². The zero-order chi connectivity index (χ0) is 26.8. The summed E-state index contributed by atoms with van der Waals surface area (Å²) in [6, 6.07) is 4.54. The standard InChI is InChI=1S/C18H24F3NO4S.3C2H6/c1-11(2)25-15(23)14(22-16(24)26-17(3,4)5)10-12-6-8-13(9-7-12)27-18(19,20)21;3*1-2/h6-9,11,14H,10H2,1-5H3,(H,22,24);3*1-2H3/t14-;;;/m1.../s1. The topological polar surface area (TPSA) is 64.6 Å². The van der Waals surface area contributed by atoms with Crippen LogP contribution in [0, 0.1) is 0 Å². The molecular weight excluding hydrogens is 455 g/mol. The Bertz CT molecular complexity index is 643. The molecule has 0 heterocycles. The van der Waals surface area contributed by atoms with Gasteiger partial charge in [0, 0.05) is 11.3 Å². The molecule has 0 fully saturated rings. The molecule has 0 saturated heterocycles. The molecule has 1 amide bonds. The maximum atomic E-state index is 12.4. The maximum absolute atomic E-state index is 12.4. The quantitative estimate of drug-likeness (QED) is 0.321. The van der Waals surface area contributed by atoms with E-state index in [1.807, 2.05) is 41.5 Å². The summed E-state index contributed by atoms with van der Waals surface area (Å²) in [7, 11) is 0. The van der Waals surface area contributed by atoms with E-state index in [4.69, 9.17) is 9.47 Å². The molecule has 0 spiro atoms. The van der Waals surface area contributed by atoms with E-state index in [-0.39, 0.29) is 29.2 Å². The molecule has 0 bridgehead atoms. The molecule has 0 unspecified atom stereocenters. The normalized spacial score (nSPS) is 11.4. The second kappa shape index (κ2) is 18.5. The molecule has 5 nitrogen and oxygen atoms in total. The first-order valence-electron chi connectivity index (χ1n) is 11.3. The van der Waals surface area contributed by atoms with Crippen molar-refractivity contribution in [1.29, 1.82) is 0 Å². The van der Waals surface area contributed by atoms with Gasteiger partial charge in [-0.05, 0) is 64.1 Å². The van der Waals surface area contributed by atoms with Crippen molar-refractivity contribution < 1.29 is 32.2 Å². The Labute approximate surface area is 202 Å². The summed E-state index contributed by atoms with van der Waals surface area (Å²) in [6.07, 6.45) is -1.11. The Balaban J connectivity index is -0.00000138. The van der Waals surface area contributed by atoms with E-state index in [1.54, 1.807) is 34.6 Å². The third-order valence-corrected chi connectivity index (χ3v) is 3.66. The first-order valence-corrected chi connectivity index (χ1v) is 12.1. The number of alkyl carbamates (subject to hydrolysis) is 1. The third kappa shape index (κ3) is 20.4. The first-order chi connectivity index (χ1) is 15.2. The third-order valence-electron chi connectivity index (χ3n) is 2.92. The SMILES string of the molecule is CC.CC.CC.CC(C)OC(=O)[C@@H](Cc1ccc(SC(F)(F)F)cc1)NC(=O)OC(C)(C)C. The summed E-state index contributed by atoms with van der Waals surface area (Å²) < 4.78 is 47.5. The summed E-state index contributed by atoms with van der Waals surface area (Å²) in [5, 5.41) is 2.46. The summed E-state index contributed by atoms with van der Waals surface area (Å²) in [4.78, 5) is 24.3. The number of carbonyl (C=O) groups excluding carboxylic acids is 2. The number of hydrogen-bond donors (Lipinski definition) is 1. The minimum atomic E-state index is -4.37. The molecule has 33 heavy (non-hydrogen) atoms. The Hall–Kier alpha value is -1.90. The van der Waals surface area contributed by atoms with E-state index in [2.05, 4.69) is 5.32 Å². The summed E-state index contributed by atoms with van der Waals surface area (Å²) in [6.45, 7) is 20.4. The summed E-state index contributed by atoms with van der Waals surface area (Å²) in [5.41, 5.74) is -4.54. The van der Waals surface area contributed by atoms with Crippen molar-refractivity contribution in [3.8, 4) is 0 Å². The van der Waals surface area contributed by atoms with E-state index in [1.165, 1.54) is 24.3 Å². The fourth-order valence-electron chi connectivity index (χ4n) is 2.02. The van der Waals surface area contributed by atoms with Gasteiger partial charge in [0.15, 0.2) is 0 Å². The van der Waals surface area contributed by atoms with Crippen LogP contribution in [0.3, 0.4) is 0 Å². The van der Waals surface area contributed by atoms with E-state index in [0.717, 1.165) is 0 Å². The van der Waals surface area contributed by atoms with Crippen LogP contribution in [-0.4, -0.2) is 35.3 Å². The number of hydrogen-bond acceptors (Lipinski definition) is 5. The zero-order valence-corrected chi connectivity index (χ0v) is 22.7. The van der Waals surface area contributed by atoms with Crippen LogP contribution in [-0.2, 0) is 20.7 Å². The van der Waals surface area contributed by atoms with Crippen LogP contribution in [0.1, 0.15) is 81.7 Å². The first kappa shape index (κ1) is 35.7. The van der Waals surface area contributed by atoms with E-state index >= 15 is 0 Å². The van der Waals surface area contributed by atoms with Crippen molar-refractivity contribution in [3.63, 3.8) is 0 Å². The van der Waals surface area contributed by atoms with Crippen LogP contribution in [0.4, 0.5) is 18.0 Å². The van der Waals surface area contributed by atoms with Gasteiger partial charge in [0.25, 0.3) is 0 Å². The molecule has 0 aromatic heterocycles. The molecule has 1 rings (SSSR count). The molecule has 9 heteroatoms. The molecule has 0 radical (unpaired) electrons. The van der Waals surface area contributed by atoms with Crippen molar-refractivity contribution in [3.05, 3.63) is 29.8 Å². The lowest BCUT2D eigenvalue weighted by molar-refractivity contribution is -0.149. The minimum Gasteiger partial charge on any atom is -0.461 e. The lowest BCUT2D eigenvalue weighted by Gasteiger charge is -2.23. The molecule has 194 valence electrons. The second-order valence-electron chi connectivity index (χ2n) is 7.08. The molecule has 0 aliphatic heterocycles. The van der Waals surface area contributed by atoms with Gasteiger partial charge in [0.05, 0.1) is 6.10 Å². The van der Waals surface area contributed by atoms with Crippen molar-refractivity contribution in [2.75, 3.05) is 0 Å². The molecule has 0 saturated carbocycles. The van der Waals surface area contributed by atoms with Crippen molar-refractivity contribution in [2.24, 2.45) is 0 Å². The number of rotatable bonds is 6. The van der Waals surface area contributed by atoms with E-state index in [0.29, 0.717) is 5.56 Å². The summed E-state index contributed by atoms with van der Waals surface area (Å²) in [5.74, 6) is -0.649. The zero-order valence-electron chi connectivity index (χ0n) is 21.8. The number of halogens is 3. The van der Waals surface area contributed by atoms with Gasteiger partial charge < -0.3 is 14.8 Å². The number of carbonyl (C=O) groups is 2. The average Bonchev–Trinajstić information content (AvgIpc) is 2.70. The van der Waals surface area contributed by atoms with Gasteiger partial charge in [0.1, 0.15) is 11.6 Å².